The van der Waals surface area contributed by atoms with E-state index in [-0.39, 0.29) is 11.9 Å². The first kappa shape index (κ1) is 14.5. The fourth-order valence-electron chi connectivity index (χ4n) is 3.13. The van der Waals surface area contributed by atoms with Gasteiger partial charge < -0.3 is 5.73 Å². The van der Waals surface area contributed by atoms with Crippen molar-refractivity contribution in [1.29, 1.82) is 0 Å². The van der Waals surface area contributed by atoms with Crippen molar-refractivity contribution >= 4 is 0 Å². The molecule has 2 N–H and O–H groups in total. The number of benzene rings is 1. The molecule has 1 aromatic rings. The molecule has 0 aliphatic carbocycles. The Balaban J connectivity index is 2.11. The van der Waals surface area contributed by atoms with Crippen LogP contribution in [0, 0.1) is 11.7 Å². The lowest BCUT2D eigenvalue weighted by molar-refractivity contribution is 0.203. The highest BCUT2D eigenvalue weighted by Crippen LogP contribution is 2.28. The maximum atomic E-state index is 13.9. The van der Waals surface area contributed by atoms with Crippen LogP contribution in [0.15, 0.2) is 24.3 Å². The normalized spacial score (nSPS) is 23.0. The van der Waals surface area contributed by atoms with E-state index in [4.69, 9.17) is 5.73 Å². The fourth-order valence-corrected chi connectivity index (χ4v) is 3.13. The Hall–Kier alpha value is -0.930. The fraction of sp³-hybridized carbons (Fsp3) is 0.625. The minimum atomic E-state index is -0.130. The lowest BCUT2D eigenvalue weighted by Gasteiger charge is -2.30. The SMILES string of the molecule is CCC1CCCN(C(CN)c2ccccc2F)CC1. The van der Waals surface area contributed by atoms with Gasteiger partial charge in [0.05, 0.1) is 0 Å². The van der Waals surface area contributed by atoms with Crippen LogP contribution >= 0.6 is 0 Å². The van der Waals surface area contributed by atoms with Crippen LogP contribution in [0.2, 0.25) is 0 Å². The summed E-state index contributed by atoms with van der Waals surface area (Å²) >= 11 is 0. The van der Waals surface area contributed by atoms with Crippen molar-refractivity contribution in [3.8, 4) is 0 Å². The molecule has 19 heavy (non-hydrogen) atoms. The number of hydrogen-bond acceptors (Lipinski definition) is 2. The summed E-state index contributed by atoms with van der Waals surface area (Å²) in [6, 6.07) is 7.06. The van der Waals surface area contributed by atoms with Crippen LogP contribution in [0.1, 0.15) is 44.2 Å². The molecule has 1 fully saturated rings. The summed E-state index contributed by atoms with van der Waals surface area (Å²) in [5, 5.41) is 0. The molecule has 2 unspecified atom stereocenters. The molecule has 106 valence electrons. The minimum Gasteiger partial charge on any atom is -0.329 e. The number of nitrogens with zero attached hydrogens (tertiary/aromatic N) is 1. The summed E-state index contributed by atoms with van der Waals surface area (Å²) in [5.74, 6) is 0.693. The van der Waals surface area contributed by atoms with Crippen LogP contribution in [-0.2, 0) is 0 Å². The molecule has 0 aromatic heterocycles. The van der Waals surface area contributed by atoms with Crippen LogP contribution in [0.5, 0.6) is 0 Å². The first-order valence-corrected chi connectivity index (χ1v) is 7.44. The van der Waals surface area contributed by atoms with E-state index in [1.807, 2.05) is 12.1 Å². The van der Waals surface area contributed by atoms with Crippen molar-refractivity contribution in [3.63, 3.8) is 0 Å². The molecule has 3 heteroatoms. The smallest absolute Gasteiger partial charge is 0.128 e. The number of halogens is 1. The molecule has 0 saturated carbocycles. The number of likely N-dealkylation sites (tertiary alicyclic amines) is 1. The molecule has 0 radical (unpaired) electrons. The highest BCUT2D eigenvalue weighted by molar-refractivity contribution is 5.21. The number of nitrogens with two attached hydrogens (primary N) is 1. The van der Waals surface area contributed by atoms with Gasteiger partial charge in [0, 0.05) is 18.2 Å². The van der Waals surface area contributed by atoms with Crippen molar-refractivity contribution in [3.05, 3.63) is 35.6 Å². The summed E-state index contributed by atoms with van der Waals surface area (Å²) in [6.07, 6.45) is 4.95. The second-order valence-corrected chi connectivity index (χ2v) is 5.51. The van der Waals surface area contributed by atoms with E-state index in [0.29, 0.717) is 6.54 Å². The molecule has 2 rings (SSSR count). The largest absolute Gasteiger partial charge is 0.329 e. The standard InChI is InChI=1S/C16H25FN2/c1-2-13-6-5-10-19(11-9-13)16(12-18)14-7-3-4-8-15(14)17/h3-4,7-8,13,16H,2,5-6,9-12,18H2,1H3. The number of rotatable bonds is 4. The van der Waals surface area contributed by atoms with Crippen molar-refractivity contribution in [2.45, 2.75) is 38.6 Å². The van der Waals surface area contributed by atoms with Gasteiger partial charge in [-0.25, -0.2) is 4.39 Å². The van der Waals surface area contributed by atoms with Gasteiger partial charge in [-0.2, -0.15) is 0 Å². The highest BCUT2D eigenvalue weighted by atomic mass is 19.1. The third kappa shape index (κ3) is 3.54. The van der Waals surface area contributed by atoms with Gasteiger partial charge in [0.2, 0.25) is 0 Å². The molecular formula is C16H25FN2. The maximum absolute atomic E-state index is 13.9. The van der Waals surface area contributed by atoms with Crippen LogP contribution in [0.3, 0.4) is 0 Å². The van der Waals surface area contributed by atoms with E-state index in [2.05, 4.69) is 11.8 Å². The molecule has 0 amide bonds. The zero-order chi connectivity index (χ0) is 13.7. The molecule has 2 nitrogen and oxygen atoms in total. The van der Waals surface area contributed by atoms with Crippen molar-refractivity contribution in [1.82, 2.24) is 4.90 Å². The third-order valence-corrected chi connectivity index (χ3v) is 4.39. The predicted molar refractivity (Wildman–Crippen MR) is 77.4 cm³/mol. The lowest BCUT2D eigenvalue weighted by Crippen LogP contribution is -2.35. The Morgan fingerprint density at radius 1 is 1.32 bits per heavy atom. The van der Waals surface area contributed by atoms with Gasteiger partial charge in [-0.05, 0) is 44.3 Å². The molecule has 1 aliphatic heterocycles. The minimum absolute atomic E-state index is 0.0248. The second kappa shape index (κ2) is 7.01. The van der Waals surface area contributed by atoms with E-state index in [1.54, 1.807) is 6.07 Å². The van der Waals surface area contributed by atoms with E-state index >= 15 is 0 Å². The molecule has 1 heterocycles. The maximum Gasteiger partial charge on any atom is 0.128 e. The summed E-state index contributed by atoms with van der Waals surface area (Å²) in [5.41, 5.74) is 6.66. The van der Waals surface area contributed by atoms with Crippen molar-refractivity contribution < 1.29 is 4.39 Å². The molecule has 2 atom stereocenters. The topological polar surface area (TPSA) is 29.3 Å². The Morgan fingerprint density at radius 3 is 2.79 bits per heavy atom. The molecule has 1 aliphatic rings. The Labute approximate surface area is 115 Å². The first-order chi connectivity index (χ1) is 9.26. The zero-order valence-electron chi connectivity index (χ0n) is 11.8. The van der Waals surface area contributed by atoms with E-state index in [9.17, 15) is 4.39 Å². The van der Waals surface area contributed by atoms with Gasteiger partial charge in [0.25, 0.3) is 0 Å². The molecule has 0 spiro atoms. The Bertz CT molecular complexity index is 394. The van der Waals surface area contributed by atoms with E-state index in [0.717, 1.165) is 24.6 Å². The molecule has 1 aromatic carbocycles. The number of hydrogen-bond donors (Lipinski definition) is 1. The summed E-state index contributed by atoms with van der Waals surface area (Å²) in [4.78, 5) is 2.37. The Kier molecular flexibility index (Phi) is 5.34. The van der Waals surface area contributed by atoms with Gasteiger partial charge in [0.15, 0.2) is 0 Å². The Morgan fingerprint density at radius 2 is 2.11 bits per heavy atom. The van der Waals surface area contributed by atoms with Crippen LogP contribution in [0.4, 0.5) is 4.39 Å². The van der Waals surface area contributed by atoms with E-state index < -0.39 is 0 Å². The third-order valence-electron chi connectivity index (χ3n) is 4.39. The van der Waals surface area contributed by atoms with Gasteiger partial charge in [-0.3, -0.25) is 4.90 Å². The second-order valence-electron chi connectivity index (χ2n) is 5.51. The van der Waals surface area contributed by atoms with Gasteiger partial charge >= 0.3 is 0 Å². The van der Waals surface area contributed by atoms with Gasteiger partial charge in [0.1, 0.15) is 5.82 Å². The lowest BCUT2D eigenvalue weighted by atomic mass is 9.98. The van der Waals surface area contributed by atoms with Crippen LogP contribution in [0.25, 0.3) is 0 Å². The quantitative estimate of drug-likeness (QED) is 0.903. The predicted octanol–water partition coefficient (Wildman–Crippen LogP) is 3.34. The van der Waals surface area contributed by atoms with Gasteiger partial charge in [-0.1, -0.05) is 31.5 Å². The molecule has 1 saturated heterocycles. The van der Waals surface area contributed by atoms with E-state index in [1.165, 1.54) is 31.7 Å². The van der Waals surface area contributed by atoms with Crippen LogP contribution in [-0.4, -0.2) is 24.5 Å². The molecule has 0 bridgehead atoms. The summed E-state index contributed by atoms with van der Waals surface area (Å²) in [7, 11) is 0. The average Bonchev–Trinajstić information content (AvgIpc) is 2.67. The summed E-state index contributed by atoms with van der Waals surface area (Å²) < 4.78 is 13.9. The first-order valence-electron chi connectivity index (χ1n) is 7.44. The summed E-state index contributed by atoms with van der Waals surface area (Å²) in [6.45, 7) is 4.82. The molecular weight excluding hydrogens is 239 g/mol. The highest BCUT2D eigenvalue weighted by Gasteiger charge is 2.24. The van der Waals surface area contributed by atoms with Crippen LogP contribution < -0.4 is 5.73 Å². The van der Waals surface area contributed by atoms with Crippen molar-refractivity contribution in [2.75, 3.05) is 19.6 Å². The van der Waals surface area contributed by atoms with Gasteiger partial charge in [-0.15, -0.1) is 0 Å². The zero-order valence-corrected chi connectivity index (χ0v) is 11.8. The average molecular weight is 264 g/mol. The van der Waals surface area contributed by atoms with Crippen molar-refractivity contribution in [2.24, 2.45) is 11.7 Å². The monoisotopic (exact) mass is 264 g/mol.